The zero-order chi connectivity index (χ0) is 13.0. The molecule has 2 aliphatic heterocycles. The van der Waals surface area contributed by atoms with Crippen LogP contribution in [0.5, 0.6) is 0 Å². The summed E-state index contributed by atoms with van der Waals surface area (Å²) < 4.78 is 0. The van der Waals surface area contributed by atoms with Gasteiger partial charge in [0.2, 0.25) is 5.91 Å². The summed E-state index contributed by atoms with van der Waals surface area (Å²) in [7, 11) is 2.08. The molecule has 0 aromatic heterocycles. The SMILES string of the molecule is CN1CCN(C(=O)CCCC2(C)N=NN=N2)CC1. The van der Waals surface area contributed by atoms with Gasteiger partial charge in [-0.1, -0.05) is 0 Å². The van der Waals surface area contributed by atoms with E-state index in [1.165, 1.54) is 0 Å². The molecule has 1 amide bonds. The van der Waals surface area contributed by atoms with Gasteiger partial charge in [-0.2, -0.15) is 0 Å². The summed E-state index contributed by atoms with van der Waals surface area (Å²) in [6.45, 7) is 5.49. The smallest absolute Gasteiger partial charge is 0.222 e. The van der Waals surface area contributed by atoms with Gasteiger partial charge in [0.15, 0.2) is 5.66 Å². The number of rotatable bonds is 4. The van der Waals surface area contributed by atoms with E-state index in [9.17, 15) is 4.79 Å². The summed E-state index contributed by atoms with van der Waals surface area (Å²) >= 11 is 0. The molecule has 0 spiro atoms. The van der Waals surface area contributed by atoms with E-state index >= 15 is 0 Å². The fourth-order valence-electron chi connectivity index (χ4n) is 2.14. The second-order valence-electron chi connectivity index (χ2n) is 5.13. The molecule has 100 valence electrons. The normalized spacial score (nSPS) is 22.7. The molecule has 7 heteroatoms. The maximum atomic E-state index is 12.0. The third-order valence-electron chi connectivity index (χ3n) is 3.46. The van der Waals surface area contributed by atoms with Crippen LogP contribution in [0.15, 0.2) is 20.7 Å². The van der Waals surface area contributed by atoms with Crippen molar-refractivity contribution in [3.8, 4) is 0 Å². The first-order valence-corrected chi connectivity index (χ1v) is 6.39. The van der Waals surface area contributed by atoms with Crippen molar-refractivity contribution in [2.45, 2.75) is 31.8 Å². The minimum Gasteiger partial charge on any atom is -0.340 e. The lowest BCUT2D eigenvalue weighted by molar-refractivity contribution is -0.132. The fraction of sp³-hybridized carbons (Fsp3) is 0.909. The largest absolute Gasteiger partial charge is 0.340 e. The molecule has 0 unspecified atom stereocenters. The Labute approximate surface area is 107 Å². The standard InChI is InChI=1S/C11H20N6O/c1-11(12-14-15-13-11)5-3-4-10(18)17-8-6-16(2)7-9-17/h3-9H2,1-2H3. The van der Waals surface area contributed by atoms with Gasteiger partial charge in [0.25, 0.3) is 0 Å². The summed E-state index contributed by atoms with van der Waals surface area (Å²) in [5, 5.41) is 14.9. The predicted octanol–water partition coefficient (Wildman–Crippen LogP) is 1.48. The van der Waals surface area contributed by atoms with E-state index < -0.39 is 5.66 Å². The van der Waals surface area contributed by atoms with E-state index in [4.69, 9.17) is 0 Å². The number of carbonyl (C=O) groups is 1. The Bertz CT molecular complexity index is 347. The van der Waals surface area contributed by atoms with Crippen LogP contribution in [0.25, 0.3) is 0 Å². The van der Waals surface area contributed by atoms with Crippen molar-refractivity contribution in [2.24, 2.45) is 20.7 Å². The van der Waals surface area contributed by atoms with Crippen molar-refractivity contribution in [1.29, 1.82) is 0 Å². The molecule has 18 heavy (non-hydrogen) atoms. The van der Waals surface area contributed by atoms with Crippen LogP contribution in [-0.4, -0.2) is 54.6 Å². The molecule has 0 atom stereocenters. The van der Waals surface area contributed by atoms with Crippen LogP contribution in [0.2, 0.25) is 0 Å². The highest BCUT2D eigenvalue weighted by Crippen LogP contribution is 2.25. The summed E-state index contributed by atoms with van der Waals surface area (Å²) in [6, 6.07) is 0. The van der Waals surface area contributed by atoms with Gasteiger partial charge in [0.05, 0.1) is 0 Å². The molecule has 2 rings (SSSR count). The zero-order valence-electron chi connectivity index (χ0n) is 11.0. The van der Waals surface area contributed by atoms with Gasteiger partial charge in [-0.3, -0.25) is 4.79 Å². The van der Waals surface area contributed by atoms with Gasteiger partial charge in [-0.15, -0.1) is 10.2 Å². The molecule has 0 radical (unpaired) electrons. The van der Waals surface area contributed by atoms with Crippen molar-refractivity contribution < 1.29 is 4.79 Å². The molecule has 7 nitrogen and oxygen atoms in total. The number of likely N-dealkylation sites (N-methyl/N-ethyl adjacent to an activating group) is 1. The molecule has 0 aromatic carbocycles. The number of carbonyl (C=O) groups excluding carboxylic acids is 1. The van der Waals surface area contributed by atoms with Crippen LogP contribution in [-0.2, 0) is 4.79 Å². The van der Waals surface area contributed by atoms with E-state index in [0.29, 0.717) is 6.42 Å². The number of nitrogens with zero attached hydrogens (tertiary/aromatic N) is 6. The van der Waals surface area contributed by atoms with E-state index in [2.05, 4.69) is 32.6 Å². The monoisotopic (exact) mass is 252 g/mol. The highest BCUT2D eigenvalue weighted by atomic mass is 16.2. The van der Waals surface area contributed by atoms with E-state index in [1.807, 2.05) is 11.8 Å². The van der Waals surface area contributed by atoms with Crippen LogP contribution in [0.1, 0.15) is 26.2 Å². The van der Waals surface area contributed by atoms with E-state index in [0.717, 1.165) is 39.0 Å². The number of hydrogen-bond donors (Lipinski definition) is 0. The highest BCUT2D eigenvalue weighted by Gasteiger charge is 2.27. The van der Waals surface area contributed by atoms with Crippen molar-refractivity contribution >= 4 is 5.91 Å². The Kier molecular flexibility index (Phi) is 4.00. The minimum atomic E-state index is -0.539. The molecule has 1 fully saturated rings. The van der Waals surface area contributed by atoms with Crippen LogP contribution in [0.3, 0.4) is 0 Å². The lowest BCUT2D eigenvalue weighted by atomic mass is 10.1. The van der Waals surface area contributed by atoms with Crippen molar-refractivity contribution in [1.82, 2.24) is 9.80 Å². The third-order valence-corrected chi connectivity index (χ3v) is 3.46. The first-order valence-electron chi connectivity index (χ1n) is 6.39. The van der Waals surface area contributed by atoms with Crippen LogP contribution in [0.4, 0.5) is 0 Å². The first kappa shape index (κ1) is 13.1. The predicted molar refractivity (Wildman–Crippen MR) is 66.0 cm³/mol. The van der Waals surface area contributed by atoms with Crippen LogP contribution >= 0.6 is 0 Å². The molecular weight excluding hydrogens is 232 g/mol. The van der Waals surface area contributed by atoms with Gasteiger partial charge in [-0.05, 0) is 37.3 Å². The quantitative estimate of drug-likeness (QED) is 0.760. The molecule has 0 bridgehead atoms. The Morgan fingerprint density at radius 1 is 1.17 bits per heavy atom. The highest BCUT2D eigenvalue weighted by molar-refractivity contribution is 5.76. The summed E-state index contributed by atoms with van der Waals surface area (Å²) in [4.78, 5) is 16.2. The molecule has 0 aliphatic carbocycles. The second kappa shape index (κ2) is 5.51. The molecule has 0 N–H and O–H groups in total. The van der Waals surface area contributed by atoms with E-state index in [1.54, 1.807) is 0 Å². The molecule has 1 saturated heterocycles. The maximum absolute atomic E-state index is 12.0. The van der Waals surface area contributed by atoms with Crippen molar-refractivity contribution in [2.75, 3.05) is 33.2 Å². The number of piperazine rings is 1. The molecule has 2 aliphatic rings. The second-order valence-corrected chi connectivity index (χ2v) is 5.13. The van der Waals surface area contributed by atoms with Crippen molar-refractivity contribution in [3.05, 3.63) is 0 Å². The summed E-state index contributed by atoms with van der Waals surface area (Å²) in [5.41, 5.74) is -0.539. The number of hydrogen-bond acceptors (Lipinski definition) is 6. The average Bonchev–Trinajstić information content (AvgIpc) is 2.77. The fourth-order valence-corrected chi connectivity index (χ4v) is 2.14. The lowest BCUT2D eigenvalue weighted by Crippen LogP contribution is -2.47. The Morgan fingerprint density at radius 3 is 2.39 bits per heavy atom. The Hall–Kier alpha value is -1.37. The van der Waals surface area contributed by atoms with Gasteiger partial charge in [0.1, 0.15) is 0 Å². The molecule has 2 heterocycles. The van der Waals surface area contributed by atoms with Crippen LogP contribution < -0.4 is 0 Å². The van der Waals surface area contributed by atoms with Crippen molar-refractivity contribution in [3.63, 3.8) is 0 Å². The van der Waals surface area contributed by atoms with Crippen LogP contribution in [0, 0.1) is 0 Å². The molecular formula is C11H20N6O. The first-order chi connectivity index (χ1) is 8.59. The van der Waals surface area contributed by atoms with Gasteiger partial charge in [-0.25, -0.2) is 0 Å². The van der Waals surface area contributed by atoms with E-state index in [-0.39, 0.29) is 5.91 Å². The molecule has 0 saturated carbocycles. The number of amides is 1. The lowest BCUT2D eigenvalue weighted by Gasteiger charge is -2.32. The van der Waals surface area contributed by atoms with Gasteiger partial charge in [0, 0.05) is 32.6 Å². The Balaban J connectivity index is 1.69. The zero-order valence-corrected chi connectivity index (χ0v) is 11.0. The Morgan fingerprint density at radius 2 is 1.78 bits per heavy atom. The topological polar surface area (TPSA) is 73.0 Å². The molecule has 0 aromatic rings. The third kappa shape index (κ3) is 3.32. The average molecular weight is 252 g/mol. The summed E-state index contributed by atoms with van der Waals surface area (Å²) in [6.07, 6.45) is 2.06. The van der Waals surface area contributed by atoms with Gasteiger partial charge >= 0.3 is 0 Å². The summed E-state index contributed by atoms with van der Waals surface area (Å²) in [5.74, 6) is 0.235. The maximum Gasteiger partial charge on any atom is 0.222 e. The minimum absolute atomic E-state index is 0.235. The van der Waals surface area contributed by atoms with Gasteiger partial charge < -0.3 is 9.80 Å².